The van der Waals surface area contributed by atoms with E-state index in [0.29, 0.717) is 36.9 Å². The summed E-state index contributed by atoms with van der Waals surface area (Å²) in [6.07, 6.45) is 3.11. The molecule has 3 atom stereocenters. The number of nitrogens with one attached hydrogen (secondary N) is 1. The van der Waals surface area contributed by atoms with Crippen LogP contribution in [-0.4, -0.2) is 64.1 Å². The second-order valence-electron chi connectivity index (χ2n) is 11.6. The number of aliphatic imine (C=N–C) groups is 2. The number of carbonyl (C=O) groups excluding carboxylic acids is 2. The fourth-order valence-electron chi connectivity index (χ4n) is 5.99. The van der Waals surface area contributed by atoms with Crippen molar-refractivity contribution in [2.45, 2.75) is 38.9 Å². The molecule has 6 rings (SSSR count). The molecule has 5 heterocycles. The first-order valence-electron chi connectivity index (χ1n) is 14.0. The van der Waals surface area contributed by atoms with Crippen molar-refractivity contribution in [1.82, 2.24) is 9.88 Å². The molecule has 2 saturated heterocycles. The summed E-state index contributed by atoms with van der Waals surface area (Å²) in [6.45, 7) is 5.48. The predicted octanol–water partition coefficient (Wildman–Crippen LogP) is 4.23. The van der Waals surface area contributed by atoms with Crippen molar-refractivity contribution in [2.75, 3.05) is 25.1 Å². The number of halogens is 3. The minimum atomic E-state index is -4.56. The van der Waals surface area contributed by atoms with Gasteiger partial charge in [0.2, 0.25) is 11.6 Å². The van der Waals surface area contributed by atoms with Crippen LogP contribution in [0.3, 0.4) is 0 Å². The van der Waals surface area contributed by atoms with Crippen molar-refractivity contribution in [3.05, 3.63) is 83.1 Å². The van der Waals surface area contributed by atoms with Gasteiger partial charge in [-0.05, 0) is 63.1 Å². The lowest BCUT2D eigenvalue weighted by Gasteiger charge is -2.46. The number of hydrogen-bond donors (Lipinski definition) is 2. The molecule has 13 heteroatoms. The number of anilines is 1. The van der Waals surface area contributed by atoms with E-state index in [1.807, 2.05) is 18.7 Å². The second kappa shape index (κ2) is 10.5. The minimum absolute atomic E-state index is 0.0705. The maximum atomic E-state index is 13.4. The number of allylic oxidation sites excluding steroid dienone is 1. The van der Waals surface area contributed by atoms with E-state index in [0.717, 1.165) is 36.9 Å². The fourth-order valence-corrected chi connectivity index (χ4v) is 5.99. The highest BCUT2D eigenvalue weighted by molar-refractivity contribution is 6.05. The first kappa shape index (κ1) is 28.9. The number of pyridine rings is 1. The molecule has 43 heavy (non-hydrogen) atoms. The third-order valence-electron chi connectivity index (χ3n) is 8.51. The zero-order valence-electron chi connectivity index (χ0n) is 23.6. The highest BCUT2D eigenvalue weighted by Crippen LogP contribution is 2.41. The van der Waals surface area contributed by atoms with Gasteiger partial charge in [0.05, 0.1) is 42.2 Å². The lowest BCUT2D eigenvalue weighted by molar-refractivity contribution is -0.750. The number of aromatic nitrogens is 1. The van der Waals surface area contributed by atoms with Crippen molar-refractivity contribution in [3.8, 4) is 0 Å². The SMILES string of the molecule is C[C@H]1[C@H](C2=C3C=NC=C[N+]3(N)C(c3ccc(C(=O)Nc4cc(C(F)(F)F)ccn4)cc3)=N2)CCCN1C(=O)C1(C)COC1. The number of amidine groups is 1. The first-order chi connectivity index (χ1) is 20.4. The predicted molar refractivity (Wildman–Crippen MR) is 152 cm³/mol. The third-order valence-corrected chi connectivity index (χ3v) is 8.51. The first-order valence-corrected chi connectivity index (χ1v) is 14.0. The van der Waals surface area contributed by atoms with Crippen LogP contribution in [0.2, 0.25) is 0 Å². The minimum Gasteiger partial charge on any atom is -0.379 e. The van der Waals surface area contributed by atoms with Crippen LogP contribution in [0.5, 0.6) is 0 Å². The maximum absolute atomic E-state index is 13.4. The molecule has 0 bridgehead atoms. The van der Waals surface area contributed by atoms with Crippen LogP contribution >= 0.6 is 0 Å². The van der Waals surface area contributed by atoms with Crippen LogP contribution in [0.25, 0.3) is 0 Å². The van der Waals surface area contributed by atoms with Crippen LogP contribution in [0, 0.1) is 11.3 Å². The average molecular weight is 595 g/mol. The Morgan fingerprint density at radius 1 is 1.19 bits per heavy atom. The number of fused-ring (bicyclic) bond motifs is 1. The Morgan fingerprint density at radius 2 is 1.93 bits per heavy atom. The number of benzene rings is 1. The van der Waals surface area contributed by atoms with Gasteiger partial charge in [-0.1, -0.05) is 0 Å². The molecule has 2 fully saturated rings. The van der Waals surface area contributed by atoms with Crippen LogP contribution < -0.4 is 11.2 Å². The Kier molecular flexibility index (Phi) is 7.06. The van der Waals surface area contributed by atoms with E-state index in [1.54, 1.807) is 42.9 Å². The van der Waals surface area contributed by atoms with Gasteiger partial charge in [0.25, 0.3) is 11.7 Å². The van der Waals surface area contributed by atoms with E-state index >= 15 is 0 Å². The van der Waals surface area contributed by atoms with Crippen molar-refractivity contribution in [2.24, 2.45) is 27.2 Å². The smallest absolute Gasteiger partial charge is 0.379 e. The van der Waals surface area contributed by atoms with Gasteiger partial charge in [-0.3, -0.25) is 14.6 Å². The highest BCUT2D eigenvalue weighted by Gasteiger charge is 2.50. The number of nitrogens with zero attached hydrogens (tertiary/aromatic N) is 5. The number of alkyl halides is 3. The normalized spacial score (nSPS) is 26.1. The number of carbonyl (C=O) groups is 2. The number of amides is 2. The highest BCUT2D eigenvalue weighted by atomic mass is 19.4. The monoisotopic (exact) mass is 594 g/mol. The molecule has 224 valence electrons. The van der Waals surface area contributed by atoms with E-state index in [2.05, 4.69) is 15.3 Å². The Morgan fingerprint density at radius 3 is 2.60 bits per heavy atom. The average Bonchev–Trinajstić information content (AvgIpc) is 3.28. The van der Waals surface area contributed by atoms with Gasteiger partial charge in [-0.25, -0.2) is 4.98 Å². The molecule has 0 saturated carbocycles. The Balaban J connectivity index is 1.25. The summed E-state index contributed by atoms with van der Waals surface area (Å²) in [5.74, 6) is 6.64. The second-order valence-corrected chi connectivity index (χ2v) is 11.6. The van der Waals surface area contributed by atoms with Gasteiger partial charge in [0, 0.05) is 30.3 Å². The zero-order valence-corrected chi connectivity index (χ0v) is 23.6. The summed E-state index contributed by atoms with van der Waals surface area (Å²) in [6, 6.07) is 7.99. The van der Waals surface area contributed by atoms with Gasteiger partial charge in [-0.15, -0.1) is 4.59 Å². The van der Waals surface area contributed by atoms with E-state index in [-0.39, 0.29) is 33.8 Å². The molecule has 4 aliphatic heterocycles. The molecule has 4 aliphatic rings. The Hall–Kier alpha value is -4.20. The zero-order chi connectivity index (χ0) is 30.6. The molecule has 1 aromatic carbocycles. The number of hydrogen-bond acceptors (Lipinski definition) is 7. The van der Waals surface area contributed by atoms with Crippen molar-refractivity contribution >= 4 is 29.7 Å². The molecule has 0 aliphatic carbocycles. The molecule has 0 radical (unpaired) electrons. The summed E-state index contributed by atoms with van der Waals surface area (Å²) >= 11 is 0. The van der Waals surface area contributed by atoms with Gasteiger partial charge in [-0.2, -0.15) is 24.0 Å². The quantitative estimate of drug-likeness (QED) is 0.396. The number of nitrogens with two attached hydrogens (primary N) is 1. The molecule has 3 N–H and O–H groups in total. The number of quaternary nitrogens is 1. The summed E-state index contributed by atoms with van der Waals surface area (Å²) in [5.41, 5.74) is 0.929. The lowest BCUT2D eigenvalue weighted by atomic mass is 9.82. The number of piperidine rings is 1. The molecule has 1 aromatic heterocycles. The maximum Gasteiger partial charge on any atom is 0.416 e. The number of likely N-dealkylation sites (tertiary alicyclic amines) is 1. The standard InChI is InChI=1S/C30H30F3N7O3/c1-18-22(4-3-12-39(18)28(42)29(2)16-43-17-29)25-23-15-35-11-13-40(23,34)26(38-25)19-5-7-20(8-6-19)27(41)37-24-14-21(9-10-36-24)30(31,32)33/h5-11,13-15,18,22H,3-4,12,16-17,34H2,1-2H3/p+1/t18-,22+,40?/m0/s1. The van der Waals surface area contributed by atoms with E-state index in [9.17, 15) is 22.8 Å². The van der Waals surface area contributed by atoms with Crippen LogP contribution in [0.15, 0.2) is 76.4 Å². The van der Waals surface area contributed by atoms with Crippen LogP contribution in [0.1, 0.15) is 48.2 Å². The fraction of sp³-hybridized carbons (Fsp3) is 0.367. The summed E-state index contributed by atoms with van der Waals surface area (Å²) in [7, 11) is 0. The van der Waals surface area contributed by atoms with Gasteiger partial charge >= 0.3 is 6.18 Å². The van der Waals surface area contributed by atoms with Crippen molar-refractivity contribution in [1.29, 1.82) is 0 Å². The molecule has 1 unspecified atom stereocenters. The third kappa shape index (κ3) is 5.07. The Bertz CT molecular complexity index is 1590. The van der Waals surface area contributed by atoms with Gasteiger partial charge < -0.3 is 15.0 Å². The lowest BCUT2D eigenvalue weighted by Crippen LogP contribution is -2.58. The summed E-state index contributed by atoms with van der Waals surface area (Å²) in [5, 5.41) is 2.41. The van der Waals surface area contributed by atoms with Crippen LogP contribution in [0.4, 0.5) is 19.0 Å². The van der Waals surface area contributed by atoms with Crippen molar-refractivity contribution in [3.63, 3.8) is 0 Å². The summed E-state index contributed by atoms with van der Waals surface area (Å²) in [4.78, 5) is 41.3. The summed E-state index contributed by atoms with van der Waals surface area (Å²) < 4.78 is 44.3. The van der Waals surface area contributed by atoms with E-state index in [4.69, 9.17) is 15.6 Å². The topological polar surface area (TPSA) is 122 Å². The largest absolute Gasteiger partial charge is 0.416 e. The van der Waals surface area contributed by atoms with E-state index < -0.39 is 23.1 Å². The van der Waals surface area contributed by atoms with Gasteiger partial charge in [0.1, 0.15) is 17.7 Å². The molecule has 2 amide bonds. The van der Waals surface area contributed by atoms with E-state index in [1.165, 1.54) is 0 Å². The number of rotatable bonds is 5. The Labute approximate surface area is 246 Å². The molecule has 0 spiro atoms. The molecular formula is C30H31F3N7O3+. The van der Waals surface area contributed by atoms with Crippen LogP contribution in [-0.2, 0) is 15.7 Å². The molecular weight excluding hydrogens is 563 g/mol. The molecule has 10 nitrogen and oxygen atoms in total. The van der Waals surface area contributed by atoms with Gasteiger partial charge in [0.15, 0.2) is 0 Å². The molecule has 2 aromatic rings. The van der Waals surface area contributed by atoms with Crippen molar-refractivity contribution < 1.29 is 32.1 Å². The number of ether oxygens (including phenoxy) is 1.